The van der Waals surface area contributed by atoms with E-state index in [9.17, 15) is 8.42 Å². The van der Waals surface area contributed by atoms with Gasteiger partial charge in [-0.3, -0.25) is 0 Å². The number of nitrogens with zero attached hydrogens (tertiary/aromatic N) is 1. The molecule has 2 rings (SSSR count). The number of aromatic nitrogens is 1. The fourth-order valence-corrected chi connectivity index (χ4v) is 2.28. The highest BCUT2D eigenvalue weighted by molar-refractivity contribution is 9.10. The van der Waals surface area contributed by atoms with Gasteiger partial charge in [0, 0.05) is 12.3 Å². The summed E-state index contributed by atoms with van der Waals surface area (Å²) in [5, 5.41) is 0. The second-order valence-corrected chi connectivity index (χ2v) is 6.47. The molecule has 0 aliphatic carbocycles. The molecule has 1 aromatic heterocycles. The number of rotatable bonds is 3. The van der Waals surface area contributed by atoms with E-state index < -0.39 is 9.84 Å². The van der Waals surface area contributed by atoms with Crippen LogP contribution in [0.3, 0.4) is 0 Å². The van der Waals surface area contributed by atoms with Crippen molar-refractivity contribution in [3.63, 3.8) is 0 Å². The molecule has 2 aromatic rings. The highest BCUT2D eigenvalue weighted by Gasteiger charge is 2.07. The Labute approximate surface area is 114 Å². The number of hydrogen-bond acceptors (Lipinski definition) is 4. The fraction of sp³-hybridized carbons (Fsp3) is 0.0833. The Morgan fingerprint density at radius 2 is 1.78 bits per heavy atom. The van der Waals surface area contributed by atoms with Gasteiger partial charge in [-0.05, 0) is 46.3 Å². The lowest BCUT2D eigenvalue weighted by molar-refractivity contribution is 0.461. The lowest BCUT2D eigenvalue weighted by Crippen LogP contribution is -1.96. The summed E-state index contributed by atoms with van der Waals surface area (Å²) < 4.78 is 28.7. The summed E-state index contributed by atoms with van der Waals surface area (Å²) in [4.78, 5) is 4.38. The van der Waals surface area contributed by atoms with Crippen LogP contribution >= 0.6 is 15.9 Å². The van der Waals surface area contributed by atoms with Gasteiger partial charge >= 0.3 is 0 Å². The minimum atomic E-state index is -3.18. The molecule has 6 heteroatoms. The minimum absolute atomic E-state index is 0.261. The van der Waals surface area contributed by atoms with Crippen LogP contribution in [0.2, 0.25) is 0 Å². The third-order valence-corrected chi connectivity index (χ3v) is 3.73. The fourth-order valence-electron chi connectivity index (χ4n) is 1.32. The highest BCUT2D eigenvalue weighted by atomic mass is 79.9. The molecule has 0 saturated heterocycles. The van der Waals surface area contributed by atoms with Crippen LogP contribution in [-0.2, 0) is 9.84 Å². The molecule has 0 saturated carbocycles. The Morgan fingerprint density at radius 1 is 1.11 bits per heavy atom. The van der Waals surface area contributed by atoms with Gasteiger partial charge in [-0.25, -0.2) is 13.4 Å². The average molecular weight is 328 g/mol. The maximum atomic E-state index is 11.3. The molecule has 4 nitrogen and oxygen atoms in total. The summed E-state index contributed by atoms with van der Waals surface area (Å²) in [6.45, 7) is 0. The van der Waals surface area contributed by atoms with E-state index in [1.807, 2.05) is 0 Å². The predicted octanol–water partition coefficient (Wildman–Crippen LogP) is 3.04. The summed E-state index contributed by atoms with van der Waals surface area (Å²) in [6.07, 6.45) is 1.17. The molecule has 0 spiro atoms. The van der Waals surface area contributed by atoms with Crippen molar-refractivity contribution < 1.29 is 13.2 Å². The van der Waals surface area contributed by atoms with E-state index in [0.717, 1.165) is 0 Å². The first-order valence-corrected chi connectivity index (χ1v) is 7.74. The van der Waals surface area contributed by atoms with E-state index in [2.05, 4.69) is 20.9 Å². The zero-order valence-electron chi connectivity index (χ0n) is 9.50. The maximum absolute atomic E-state index is 11.3. The number of hydrogen-bond donors (Lipinski definition) is 0. The molecular formula is C12H10BrNO3S. The van der Waals surface area contributed by atoms with Crippen molar-refractivity contribution in [2.24, 2.45) is 0 Å². The van der Waals surface area contributed by atoms with Crippen LogP contribution in [0.1, 0.15) is 0 Å². The molecule has 0 amide bonds. The summed E-state index contributed by atoms with van der Waals surface area (Å²) in [5.74, 6) is 0.976. The normalized spacial score (nSPS) is 11.2. The van der Waals surface area contributed by atoms with Crippen molar-refractivity contribution >= 4 is 25.8 Å². The Hall–Kier alpha value is -1.40. The monoisotopic (exact) mass is 327 g/mol. The van der Waals surface area contributed by atoms with Crippen LogP contribution in [0.4, 0.5) is 0 Å². The second kappa shape index (κ2) is 5.07. The van der Waals surface area contributed by atoms with Crippen molar-refractivity contribution in [3.8, 4) is 11.6 Å². The third kappa shape index (κ3) is 3.30. The summed E-state index contributed by atoms with van der Waals surface area (Å²) in [5.41, 5.74) is 0. The second-order valence-electron chi connectivity index (χ2n) is 3.64. The van der Waals surface area contributed by atoms with Gasteiger partial charge in [0.15, 0.2) is 9.84 Å². The van der Waals surface area contributed by atoms with Gasteiger partial charge in [-0.2, -0.15) is 0 Å². The molecule has 0 fully saturated rings. The van der Waals surface area contributed by atoms with Crippen LogP contribution in [0.15, 0.2) is 52.0 Å². The Balaban J connectivity index is 2.21. The maximum Gasteiger partial charge on any atom is 0.220 e. The smallest absolute Gasteiger partial charge is 0.220 e. The van der Waals surface area contributed by atoms with Gasteiger partial charge in [-0.1, -0.05) is 6.07 Å². The standard InChI is InChI=1S/C12H10BrNO3S/c1-18(15,16)10-7-5-9(6-8-10)17-12-4-2-3-11(13)14-12/h2-8H,1H3. The summed E-state index contributed by atoms with van der Waals surface area (Å²) >= 11 is 3.24. The predicted molar refractivity (Wildman–Crippen MR) is 71.6 cm³/mol. The average Bonchev–Trinajstić information content (AvgIpc) is 2.28. The van der Waals surface area contributed by atoms with Crippen molar-refractivity contribution in [2.75, 3.05) is 6.26 Å². The van der Waals surface area contributed by atoms with E-state index in [1.165, 1.54) is 18.4 Å². The zero-order valence-corrected chi connectivity index (χ0v) is 11.9. The molecule has 18 heavy (non-hydrogen) atoms. The summed E-state index contributed by atoms with van der Waals surface area (Å²) in [6, 6.07) is 11.5. The van der Waals surface area contributed by atoms with Gasteiger partial charge in [0.25, 0.3) is 0 Å². The van der Waals surface area contributed by atoms with E-state index in [4.69, 9.17) is 4.74 Å². The van der Waals surface area contributed by atoms with Gasteiger partial charge < -0.3 is 4.74 Å². The molecule has 0 aliphatic heterocycles. The molecule has 1 aromatic carbocycles. The van der Waals surface area contributed by atoms with Crippen LogP contribution in [0, 0.1) is 0 Å². The zero-order chi connectivity index (χ0) is 13.2. The van der Waals surface area contributed by atoms with E-state index >= 15 is 0 Å². The van der Waals surface area contributed by atoms with Gasteiger partial charge in [0.1, 0.15) is 10.4 Å². The van der Waals surface area contributed by atoms with Gasteiger partial charge in [0.2, 0.25) is 5.88 Å². The van der Waals surface area contributed by atoms with Crippen LogP contribution in [0.25, 0.3) is 0 Å². The molecular weight excluding hydrogens is 318 g/mol. The number of sulfone groups is 1. The molecule has 0 unspecified atom stereocenters. The molecule has 0 aliphatic rings. The summed E-state index contributed by atoms with van der Waals surface area (Å²) in [7, 11) is -3.18. The minimum Gasteiger partial charge on any atom is -0.439 e. The van der Waals surface area contributed by atoms with Crippen molar-refractivity contribution in [3.05, 3.63) is 47.1 Å². The number of halogens is 1. The molecule has 0 bridgehead atoms. The van der Waals surface area contributed by atoms with E-state index in [0.29, 0.717) is 16.2 Å². The first kappa shape index (κ1) is 13.0. The van der Waals surface area contributed by atoms with Crippen molar-refractivity contribution in [1.29, 1.82) is 0 Å². The largest absolute Gasteiger partial charge is 0.439 e. The number of ether oxygens (including phenoxy) is 1. The lowest BCUT2D eigenvalue weighted by atomic mass is 10.3. The van der Waals surface area contributed by atoms with Crippen molar-refractivity contribution in [1.82, 2.24) is 4.98 Å². The third-order valence-electron chi connectivity index (χ3n) is 2.16. The quantitative estimate of drug-likeness (QED) is 0.813. The Bertz CT molecular complexity index is 653. The molecule has 0 atom stereocenters. The first-order chi connectivity index (χ1) is 8.45. The van der Waals surface area contributed by atoms with Gasteiger partial charge in [0.05, 0.1) is 4.90 Å². The highest BCUT2D eigenvalue weighted by Crippen LogP contribution is 2.22. The van der Waals surface area contributed by atoms with Crippen molar-refractivity contribution in [2.45, 2.75) is 4.90 Å². The molecule has 0 N–H and O–H groups in total. The molecule has 1 heterocycles. The van der Waals surface area contributed by atoms with Crippen LogP contribution < -0.4 is 4.74 Å². The Morgan fingerprint density at radius 3 is 2.33 bits per heavy atom. The first-order valence-electron chi connectivity index (χ1n) is 5.06. The number of benzene rings is 1. The molecule has 0 radical (unpaired) electrons. The van der Waals surface area contributed by atoms with Gasteiger partial charge in [-0.15, -0.1) is 0 Å². The van der Waals surface area contributed by atoms with E-state index in [-0.39, 0.29) is 4.90 Å². The SMILES string of the molecule is CS(=O)(=O)c1ccc(Oc2cccc(Br)n2)cc1. The Kier molecular flexibility index (Phi) is 3.68. The lowest BCUT2D eigenvalue weighted by Gasteiger charge is -2.05. The van der Waals surface area contributed by atoms with Crippen LogP contribution in [0.5, 0.6) is 11.6 Å². The van der Waals surface area contributed by atoms with E-state index in [1.54, 1.807) is 30.3 Å². The molecule has 94 valence electrons. The van der Waals surface area contributed by atoms with Crippen LogP contribution in [-0.4, -0.2) is 19.7 Å². The topological polar surface area (TPSA) is 56.3 Å². The number of pyridine rings is 1.